The van der Waals surface area contributed by atoms with Crippen LogP contribution in [0.5, 0.6) is 0 Å². The molecule has 3 rings (SSSR count). The largest absolute Gasteiger partial charge is 0.481 e. The molecule has 2 atom stereocenters. The summed E-state index contributed by atoms with van der Waals surface area (Å²) in [5.41, 5.74) is 1.20. The molecule has 0 spiro atoms. The molecule has 0 amide bonds. The van der Waals surface area contributed by atoms with E-state index < -0.39 is 5.97 Å². The highest BCUT2D eigenvalue weighted by atomic mass is 35.5. The molecule has 0 aromatic carbocycles. The predicted octanol–water partition coefficient (Wildman–Crippen LogP) is 4.86. The highest BCUT2D eigenvalue weighted by molar-refractivity contribution is 7.17. The Balaban J connectivity index is 1.83. The topological polar surface area (TPSA) is 63.1 Å². The molecule has 1 aliphatic carbocycles. The van der Waals surface area contributed by atoms with Gasteiger partial charge >= 0.3 is 5.97 Å². The van der Waals surface area contributed by atoms with Crippen LogP contribution in [0.3, 0.4) is 0 Å². The zero-order chi connectivity index (χ0) is 16.6. The molecule has 1 aliphatic rings. The first-order chi connectivity index (χ1) is 11.0. The van der Waals surface area contributed by atoms with Crippen LogP contribution in [-0.2, 0) is 11.2 Å². The molecular formula is C17H20ClN2O2S. The van der Waals surface area contributed by atoms with E-state index in [1.807, 2.05) is 0 Å². The number of hydrogen-bond acceptors (Lipinski definition) is 4. The molecule has 123 valence electrons. The molecule has 2 aromatic rings. The van der Waals surface area contributed by atoms with E-state index in [-0.39, 0.29) is 18.3 Å². The van der Waals surface area contributed by atoms with Gasteiger partial charge in [-0.3, -0.25) is 4.79 Å². The van der Waals surface area contributed by atoms with Crippen molar-refractivity contribution in [3.63, 3.8) is 0 Å². The fraction of sp³-hybridized carbons (Fsp3) is 0.529. The van der Waals surface area contributed by atoms with Crippen LogP contribution < -0.4 is 0 Å². The molecule has 4 nitrogen and oxygen atoms in total. The first-order valence-corrected chi connectivity index (χ1v) is 9.25. The Morgan fingerprint density at radius 2 is 2.26 bits per heavy atom. The van der Waals surface area contributed by atoms with E-state index in [9.17, 15) is 4.79 Å². The quantitative estimate of drug-likeness (QED) is 0.799. The van der Waals surface area contributed by atoms with Gasteiger partial charge in [0.05, 0.1) is 11.8 Å². The number of halogens is 1. The van der Waals surface area contributed by atoms with Crippen LogP contribution >= 0.6 is 22.9 Å². The first-order valence-electron chi connectivity index (χ1n) is 7.99. The van der Waals surface area contributed by atoms with E-state index in [1.165, 1.54) is 5.56 Å². The van der Waals surface area contributed by atoms with Gasteiger partial charge in [0.25, 0.3) is 0 Å². The van der Waals surface area contributed by atoms with Gasteiger partial charge in [-0.05, 0) is 48.5 Å². The van der Waals surface area contributed by atoms with Crippen LogP contribution in [0.15, 0.2) is 5.38 Å². The van der Waals surface area contributed by atoms with Gasteiger partial charge in [0, 0.05) is 5.92 Å². The van der Waals surface area contributed by atoms with Crippen molar-refractivity contribution in [3.05, 3.63) is 27.8 Å². The lowest BCUT2D eigenvalue weighted by Gasteiger charge is -2.32. The monoisotopic (exact) mass is 351 g/mol. The average molecular weight is 352 g/mol. The maximum atomic E-state index is 10.9. The highest BCUT2D eigenvalue weighted by Crippen LogP contribution is 2.42. The molecule has 0 aliphatic heterocycles. The van der Waals surface area contributed by atoms with Gasteiger partial charge in [-0.1, -0.05) is 25.4 Å². The summed E-state index contributed by atoms with van der Waals surface area (Å²) in [5, 5.41) is 12.6. The molecule has 1 radical (unpaired) electrons. The van der Waals surface area contributed by atoms with E-state index in [0.29, 0.717) is 5.15 Å². The minimum absolute atomic E-state index is 0.180. The van der Waals surface area contributed by atoms with Gasteiger partial charge in [-0.2, -0.15) is 0 Å². The Morgan fingerprint density at radius 3 is 2.91 bits per heavy atom. The second-order valence-corrected chi connectivity index (χ2v) is 7.48. The van der Waals surface area contributed by atoms with Gasteiger partial charge in [-0.25, -0.2) is 9.97 Å². The van der Waals surface area contributed by atoms with Crippen molar-refractivity contribution >= 4 is 39.1 Å². The van der Waals surface area contributed by atoms with E-state index in [1.54, 1.807) is 11.3 Å². The van der Waals surface area contributed by atoms with Gasteiger partial charge in [0.1, 0.15) is 15.8 Å². The molecule has 0 saturated heterocycles. The zero-order valence-corrected chi connectivity index (χ0v) is 14.9. The van der Waals surface area contributed by atoms with Crippen LogP contribution in [0, 0.1) is 11.8 Å². The van der Waals surface area contributed by atoms with Crippen LogP contribution in [0.1, 0.15) is 56.8 Å². The van der Waals surface area contributed by atoms with E-state index in [2.05, 4.69) is 24.2 Å². The summed E-state index contributed by atoms with van der Waals surface area (Å²) in [5.74, 6) is 1.75. The van der Waals surface area contributed by atoms with Crippen molar-refractivity contribution < 1.29 is 9.90 Å². The summed E-state index contributed by atoms with van der Waals surface area (Å²) in [6.45, 7) is 4.21. The lowest BCUT2D eigenvalue weighted by Crippen LogP contribution is -2.23. The lowest BCUT2D eigenvalue weighted by molar-refractivity contribution is -0.136. The van der Waals surface area contributed by atoms with Crippen LogP contribution in [0.4, 0.5) is 0 Å². The Labute approximate surface area is 144 Å². The lowest BCUT2D eigenvalue weighted by atomic mass is 9.73. The zero-order valence-electron chi connectivity index (χ0n) is 13.3. The smallest absolute Gasteiger partial charge is 0.303 e. The third-order valence-electron chi connectivity index (χ3n) is 4.76. The number of rotatable bonds is 4. The number of carboxylic acid groups (broad SMARTS) is 1. The number of aliphatic carboxylic acids is 1. The number of thiophene rings is 1. The summed E-state index contributed by atoms with van der Waals surface area (Å²) in [6.07, 6.45) is 3.74. The van der Waals surface area contributed by atoms with Crippen molar-refractivity contribution in [1.29, 1.82) is 0 Å². The Hall–Kier alpha value is -1.20. The fourth-order valence-corrected chi connectivity index (χ4v) is 4.81. The number of aryl methyl sites for hydroxylation is 1. The minimum atomic E-state index is -0.739. The number of carbonyl (C=O) groups is 1. The predicted molar refractivity (Wildman–Crippen MR) is 93.1 cm³/mol. The van der Waals surface area contributed by atoms with Gasteiger partial charge in [0.2, 0.25) is 0 Å². The number of aromatic nitrogens is 2. The molecule has 2 aromatic heterocycles. The molecule has 2 unspecified atom stereocenters. The van der Waals surface area contributed by atoms with Crippen molar-refractivity contribution in [3.8, 4) is 0 Å². The molecule has 1 N–H and O–H groups in total. The SMILES string of the molecule is CCc1csc2nc(C3CC[C](CC(=O)O)C(C)C3)nc(Cl)c12. The number of fused-ring (bicyclic) bond motifs is 1. The van der Waals surface area contributed by atoms with Crippen LogP contribution in [0.25, 0.3) is 10.2 Å². The normalized spacial score (nSPS) is 22.6. The van der Waals surface area contributed by atoms with E-state index in [0.717, 1.165) is 47.6 Å². The second-order valence-electron chi connectivity index (χ2n) is 6.27. The molecule has 6 heteroatoms. The van der Waals surface area contributed by atoms with Crippen LogP contribution in [0.2, 0.25) is 5.15 Å². The van der Waals surface area contributed by atoms with Crippen molar-refractivity contribution in [2.24, 2.45) is 5.92 Å². The number of hydrogen-bond donors (Lipinski definition) is 1. The van der Waals surface area contributed by atoms with Crippen molar-refractivity contribution in [2.75, 3.05) is 0 Å². The minimum Gasteiger partial charge on any atom is -0.481 e. The summed E-state index contributed by atoms with van der Waals surface area (Å²) in [4.78, 5) is 21.2. The molecule has 0 bridgehead atoms. The van der Waals surface area contributed by atoms with Crippen molar-refractivity contribution in [1.82, 2.24) is 9.97 Å². The molecule has 1 saturated carbocycles. The molecular weight excluding hydrogens is 332 g/mol. The molecule has 2 heterocycles. The number of carboxylic acids is 1. The van der Waals surface area contributed by atoms with Crippen LogP contribution in [-0.4, -0.2) is 21.0 Å². The standard InChI is InChI=1S/C17H20ClN2O2S/c1-3-10-8-23-17-14(10)15(18)19-16(20-17)12-5-4-11(7-13(21)22)9(2)6-12/h8-9,12H,3-7H2,1-2H3,(H,21,22). The highest BCUT2D eigenvalue weighted by Gasteiger charge is 2.32. The van der Waals surface area contributed by atoms with Gasteiger partial charge in [0.15, 0.2) is 0 Å². The molecule has 1 fully saturated rings. The Kier molecular flexibility index (Phi) is 4.87. The van der Waals surface area contributed by atoms with E-state index >= 15 is 0 Å². The maximum Gasteiger partial charge on any atom is 0.303 e. The fourth-order valence-electron chi connectivity index (χ4n) is 3.42. The maximum absolute atomic E-state index is 10.9. The average Bonchev–Trinajstić information content (AvgIpc) is 2.92. The molecule has 23 heavy (non-hydrogen) atoms. The van der Waals surface area contributed by atoms with Gasteiger partial charge in [-0.15, -0.1) is 11.3 Å². The van der Waals surface area contributed by atoms with Crippen molar-refractivity contribution in [2.45, 2.75) is 51.9 Å². The summed E-state index contributed by atoms with van der Waals surface area (Å²) in [6, 6.07) is 0. The summed E-state index contributed by atoms with van der Waals surface area (Å²) < 4.78 is 0. The van der Waals surface area contributed by atoms with Gasteiger partial charge < -0.3 is 5.11 Å². The second kappa shape index (κ2) is 6.73. The van der Waals surface area contributed by atoms with E-state index in [4.69, 9.17) is 21.7 Å². The Bertz CT molecular complexity index is 731. The summed E-state index contributed by atoms with van der Waals surface area (Å²) >= 11 is 8.04. The summed E-state index contributed by atoms with van der Waals surface area (Å²) in [7, 11) is 0. The third kappa shape index (κ3) is 3.36. The number of nitrogens with zero attached hydrogens (tertiary/aromatic N) is 2. The first kappa shape index (κ1) is 16.7. The third-order valence-corrected chi connectivity index (χ3v) is 5.95. The Morgan fingerprint density at radius 1 is 1.48 bits per heavy atom.